The van der Waals surface area contributed by atoms with Crippen LogP contribution in [0.1, 0.15) is 25.7 Å². The van der Waals surface area contributed by atoms with Gasteiger partial charge in [-0.2, -0.15) is 0 Å². The summed E-state index contributed by atoms with van der Waals surface area (Å²) in [6.07, 6.45) is 3.23. The summed E-state index contributed by atoms with van der Waals surface area (Å²) >= 11 is 5.79. The van der Waals surface area contributed by atoms with Crippen molar-refractivity contribution in [1.29, 1.82) is 0 Å². The molecule has 0 N–H and O–H groups in total. The first kappa shape index (κ1) is 16.6. The zero-order valence-corrected chi connectivity index (χ0v) is 13.3. The van der Waals surface area contributed by atoms with Gasteiger partial charge in [0.25, 0.3) is 6.47 Å². The maximum absolute atomic E-state index is 12.0. The van der Waals surface area contributed by atoms with Gasteiger partial charge in [0.2, 0.25) is 0 Å². The standard InChI is InChI=1S/C16H20ClNO4/c1-18(10-12-2-6-14(7-3-12)21-11-19)16(20)22-15-8-4-13(17)5-9-15/h4-5,8-9,11-12,14H,2-3,6-7,10H2,1H3. The molecular formula is C16H20ClNO4. The second-order valence-electron chi connectivity index (χ2n) is 5.58. The van der Waals surface area contributed by atoms with Crippen molar-refractivity contribution in [3.05, 3.63) is 29.3 Å². The van der Waals surface area contributed by atoms with Gasteiger partial charge in [-0.3, -0.25) is 4.79 Å². The number of amides is 1. The molecule has 0 saturated heterocycles. The number of rotatable bonds is 5. The van der Waals surface area contributed by atoms with Crippen molar-refractivity contribution in [2.45, 2.75) is 31.8 Å². The molecule has 0 atom stereocenters. The van der Waals surface area contributed by atoms with Gasteiger partial charge >= 0.3 is 6.09 Å². The van der Waals surface area contributed by atoms with E-state index in [1.165, 1.54) is 0 Å². The van der Waals surface area contributed by atoms with Crippen molar-refractivity contribution in [2.75, 3.05) is 13.6 Å². The molecule has 0 heterocycles. The molecule has 1 aromatic carbocycles. The number of nitrogens with zero attached hydrogens (tertiary/aromatic N) is 1. The highest BCUT2D eigenvalue weighted by Crippen LogP contribution is 2.26. The number of ether oxygens (including phenoxy) is 2. The third-order valence-corrected chi connectivity index (χ3v) is 4.16. The van der Waals surface area contributed by atoms with Crippen molar-refractivity contribution in [1.82, 2.24) is 4.90 Å². The van der Waals surface area contributed by atoms with Gasteiger partial charge in [-0.1, -0.05) is 11.6 Å². The zero-order valence-electron chi connectivity index (χ0n) is 12.5. The SMILES string of the molecule is CN(CC1CCC(OC=O)CC1)C(=O)Oc1ccc(Cl)cc1. The fraction of sp³-hybridized carbons (Fsp3) is 0.500. The van der Waals surface area contributed by atoms with Crippen LogP contribution in [-0.2, 0) is 9.53 Å². The van der Waals surface area contributed by atoms with Gasteiger partial charge in [-0.05, 0) is 55.9 Å². The second-order valence-corrected chi connectivity index (χ2v) is 6.01. The zero-order chi connectivity index (χ0) is 15.9. The Bertz CT molecular complexity index is 497. The molecule has 1 amide bonds. The molecule has 0 aromatic heterocycles. The van der Waals surface area contributed by atoms with Gasteiger partial charge in [0.05, 0.1) is 0 Å². The van der Waals surface area contributed by atoms with Crippen LogP contribution < -0.4 is 4.74 Å². The Hall–Kier alpha value is -1.75. The fourth-order valence-electron chi connectivity index (χ4n) is 2.67. The summed E-state index contributed by atoms with van der Waals surface area (Å²) < 4.78 is 10.3. The van der Waals surface area contributed by atoms with Crippen molar-refractivity contribution < 1.29 is 19.1 Å². The van der Waals surface area contributed by atoms with Crippen LogP contribution in [0.3, 0.4) is 0 Å². The minimum Gasteiger partial charge on any atom is -0.465 e. The summed E-state index contributed by atoms with van der Waals surface area (Å²) in [5, 5.41) is 0.599. The highest BCUT2D eigenvalue weighted by atomic mass is 35.5. The lowest BCUT2D eigenvalue weighted by molar-refractivity contribution is -0.135. The molecule has 0 radical (unpaired) electrons. The molecule has 1 aliphatic rings. The van der Waals surface area contributed by atoms with E-state index >= 15 is 0 Å². The van der Waals surface area contributed by atoms with Gasteiger partial charge in [0.15, 0.2) is 0 Å². The average molecular weight is 326 g/mol. The lowest BCUT2D eigenvalue weighted by Gasteiger charge is -2.30. The Morgan fingerprint density at radius 2 is 1.91 bits per heavy atom. The van der Waals surface area contributed by atoms with E-state index < -0.39 is 0 Å². The maximum atomic E-state index is 12.0. The monoisotopic (exact) mass is 325 g/mol. The molecule has 6 heteroatoms. The van der Waals surface area contributed by atoms with Crippen LogP contribution in [0, 0.1) is 5.92 Å². The van der Waals surface area contributed by atoms with Crippen molar-refractivity contribution >= 4 is 24.2 Å². The van der Waals surface area contributed by atoms with E-state index in [2.05, 4.69) is 0 Å². The molecule has 120 valence electrons. The largest absolute Gasteiger partial charge is 0.465 e. The number of halogens is 1. The number of hydrogen-bond acceptors (Lipinski definition) is 4. The Labute approximate surface area is 135 Å². The first-order valence-electron chi connectivity index (χ1n) is 7.36. The first-order chi connectivity index (χ1) is 10.6. The molecule has 1 fully saturated rings. The lowest BCUT2D eigenvalue weighted by atomic mass is 9.87. The summed E-state index contributed by atoms with van der Waals surface area (Å²) in [5.74, 6) is 0.888. The first-order valence-corrected chi connectivity index (χ1v) is 7.74. The Morgan fingerprint density at radius 3 is 2.50 bits per heavy atom. The van der Waals surface area contributed by atoms with E-state index in [1.807, 2.05) is 0 Å². The van der Waals surface area contributed by atoms with Crippen LogP contribution in [0.25, 0.3) is 0 Å². The number of benzene rings is 1. The predicted octanol–water partition coefficient (Wildman–Crippen LogP) is 3.50. The molecule has 22 heavy (non-hydrogen) atoms. The van der Waals surface area contributed by atoms with Crippen LogP contribution >= 0.6 is 11.6 Å². The third-order valence-electron chi connectivity index (χ3n) is 3.90. The molecule has 1 saturated carbocycles. The summed E-state index contributed by atoms with van der Waals surface area (Å²) in [4.78, 5) is 23.9. The molecule has 0 bridgehead atoms. The van der Waals surface area contributed by atoms with Crippen molar-refractivity contribution in [3.8, 4) is 5.75 Å². The number of carbonyl (C=O) groups is 2. The number of hydrogen-bond donors (Lipinski definition) is 0. The summed E-state index contributed by atoms with van der Waals surface area (Å²) in [5.41, 5.74) is 0. The highest BCUT2D eigenvalue weighted by Gasteiger charge is 2.24. The molecule has 0 aliphatic heterocycles. The smallest absolute Gasteiger partial charge is 0.414 e. The van der Waals surface area contributed by atoms with Gasteiger partial charge in [-0.15, -0.1) is 0 Å². The minimum atomic E-state index is -0.381. The second kappa shape index (κ2) is 8.03. The third kappa shape index (κ3) is 4.91. The Morgan fingerprint density at radius 1 is 1.27 bits per heavy atom. The summed E-state index contributed by atoms with van der Waals surface area (Å²) in [6, 6.07) is 6.68. The van der Waals surface area contributed by atoms with Crippen LogP contribution in [-0.4, -0.2) is 37.2 Å². The minimum absolute atomic E-state index is 0.0278. The quantitative estimate of drug-likeness (QED) is 0.777. The highest BCUT2D eigenvalue weighted by molar-refractivity contribution is 6.30. The normalized spacial score (nSPS) is 21.0. The Kier molecular flexibility index (Phi) is 6.07. The predicted molar refractivity (Wildman–Crippen MR) is 83.0 cm³/mol. The number of carbonyl (C=O) groups excluding carboxylic acids is 2. The van der Waals surface area contributed by atoms with E-state index in [1.54, 1.807) is 36.2 Å². The molecule has 0 spiro atoms. The van der Waals surface area contributed by atoms with Crippen LogP contribution in [0.5, 0.6) is 5.75 Å². The molecule has 0 unspecified atom stereocenters. The van der Waals surface area contributed by atoms with Gasteiger partial charge < -0.3 is 14.4 Å². The summed E-state index contributed by atoms with van der Waals surface area (Å²) in [6.45, 7) is 1.15. The van der Waals surface area contributed by atoms with Crippen molar-refractivity contribution in [3.63, 3.8) is 0 Å². The maximum Gasteiger partial charge on any atom is 0.414 e. The fourth-order valence-corrected chi connectivity index (χ4v) is 2.80. The van der Waals surface area contributed by atoms with Crippen LogP contribution in [0.15, 0.2) is 24.3 Å². The Balaban J connectivity index is 1.77. The van der Waals surface area contributed by atoms with E-state index in [0.29, 0.717) is 29.7 Å². The van der Waals surface area contributed by atoms with E-state index in [-0.39, 0.29) is 12.2 Å². The van der Waals surface area contributed by atoms with Gasteiger partial charge in [0, 0.05) is 18.6 Å². The van der Waals surface area contributed by atoms with E-state index in [4.69, 9.17) is 21.1 Å². The summed E-state index contributed by atoms with van der Waals surface area (Å²) in [7, 11) is 1.73. The average Bonchev–Trinajstić information content (AvgIpc) is 2.51. The van der Waals surface area contributed by atoms with Crippen LogP contribution in [0.4, 0.5) is 4.79 Å². The van der Waals surface area contributed by atoms with Crippen LogP contribution in [0.2, 0.25) is 5.02 Å². The van der Waals surface area contributed by atoms with Gasteiger partial charge in [0.1, 0.15) is 11.9 Å². The van der Waals surface area contributed by atoms with Crippen molar-refractivity contribution in [2.24, 2.45) is 5.92 Å². The molecule has 1 aliphatic carbocycles. The lowest BCUT2D eigenvalue weighted by Crippen LogP contribution is -2.36. The van der Waals surface area contributed by atoms with E-state index in [9.17, 15) is 9.59 Å². The van der Waals surface area contributed by atoms with Gasteiger partial charge in [-0.25, -0.2) is 4.79 Å². The molecule has 1 aromatic rings. The topological polar surface area (TPSA) is 55.8 Å². The molecule has 2 rings (SSSR count). The molecule has 5 nitrogen and oxygen atoms in total. The molecular weight excluding hydrogens is 306 g/mol. The van der Waals surface area contributed by atoms with E-state index in [0.717, 1.165) is 25.7 Å².